The van der Waals surface area contributed by atoms with Gasteiger partial charge in [-0.15, -0.1) is 0 Å². The van der Waals surface area contributed by atoms with Gasteiger partial charge < -0.3 is 15.2 Å². The number of benzene rings is 1. The molecule has 0 aliphatic rings. The lowest BCUT2D eigenvalue weighted by Gasteiger charge is -2.20. The minimum absolute atomic E-state index is 0.0189. The molecule has 0 saturated heterocycles. The van der Waals surface area contributed by atoms with Crippen LogP contribution in [0.15, 0.2) is 18.2 Å². The van der Waals surface area contributed by atoms with Crippen LogP contribution in [0, 0.1) is 12.3 Å². The topological polar surface area (TPSA) is 68.3 Å². The highest BCUT2D eigenvalue weighted by atomic mass is 16.5. The molecule has 4 nitrogen and oxygen atoms in total. The molecule has 18 heavy (non-hydrogen) atoms. The number of hydrogen-bond acceptors (Lipinski definition) is 3. The fourth-order valence-corrected chi connectivity index (χ4v) is 1.55. The van der Waals surface area contributed by atoms with Crippen LogP contribution in [0.3, 0.4) is 0 Å². The van der Waals surface area contributed by atoms with Crippen molar-refractivity contribution in [2.75, 3.05) is 13.2 Å². The summed E-state index contributed by atoms with van der Waals surface area (Å²) in [5.74, 6) is 0.688. The van der Waals surface area contributed by atoms with Gasteiger partial charge in [0.05, 0.1) is 17.8 Å². The molecule has 0 radical (unpaired) electrons. The Morgan fingerprint density at radius 1 is 1.28 bits per heavy atom. The number of rotatable bonds is 5. The Morgan fingerprint density at radius 3 is 2.50 bits per heavy atom. The quantitative estimate of drug-likeness (QED) is 0.479. The van der Waals surface area contributed by atoms with Gasteiger partial charge >= 0.3 is 0 Å². The molecule has 0 spiro atoms. The molecule has 1 aromatic carbocycles. The van der Waals surface area contributed by atoms with Crippen molar-refractivity contribution >= 4 is 5.84 Å². The number of nitrogens with two attached hydrogens (primary N) is 1. The van der Waals surface area contributed by atoms with E-state index in [4.69, 9.17) is 20.6 Å². The van der Waals surface area contributed by atoms with Crippen molar-refractivity contribution in [2.45, 2.75) is 33.3 Å². The van der Waals surface area contributed by atoms with Gasteiger partial charge in [-0.2, -0.15) is 0 Å². The molecule has 3 N–H and O–H groups in total. The van der Waals surface area contributed by atoms with E-state index in [1.807, 2.05) is 39.8 Å². The summed E-state index contributed by atoms with van der Waals surface area (Å²) in [5.41, 5.74) is 6.96. The molecule has 100 valence electrons. The molecular formula is C14H22N2O2. The molecule has 0 amide bonds. The lowest BCUT2D eigenvalue weighted by molar-refractivity contribution is -0.0163. The highest BCUT2D eigenvalue weighted by molar-refractivity contribution is 5.98. The lowest BCUT2D eigenvalue weighted by Crippen LogP contribution is -2.23. The van der Waals surface area contributed by atoms with Crippen LogP contribution in [0.4, 0.5) is 0 Å². The number of nitrogen functional groups attached to an aromatic ring is 1. The zero-order valence-corrected chi connectivity index (χ0v) is 11.5. The number of aryl methyl sites for hydroxylation is 1. The van der Waals surface area contributed by atoms with E-state index in [0.717, 1.165) is 5.56 Å². The maximum absolute atomic E-state index is 7.52. The second kappa shape index (κ2) is 5.87. The molecule has 0 atom stereocenters. The van der Waals surface area contributed by atoms with Crippen molar-refractivity contribution in [3.8, 4) is 5.75 Å². The van der Waals surface area contributed by atoms with Crippen LogP contribution in [-0.4, -0.2) is 24.7 Å². The van der Waals surface area contributed by atoms with Crippen LogP contribution in [0.2, 0.25) is 0 Å². The van der Waals surface area contributed by atoms with Crippen molar-refractivity contribution in [3.05, 3.63) is 29.3 Å². The Hall–Kier alpha value is -1.55. The molecule has 0 unspecified atom stereocenters. The zero-order valence-electron chi connectivity index (χ0n) is 11.5. The Balaban J connectivity index is 2.64. The third kappa shape index (κ3) is 4.37. The van der Waals surface area contributed by atoms with Gasteiger partial charge in [0.25, 0.3) is 0 Å². The summed E-state index contributed by atoms with van der Waals surface area (Å²) >= 11 is 0. The van der Waals surface area contributed by atoms with Crippen molar-refractivity contribution in [1.29, 1.82) is 5.41 Å². The summed E-state index contributed by atoms with van der Waals surface area (Å²) in [6, 6.07) is 5.59. The average molecular weight is 250 g/mol. The van der Waals surface area contributed by atoms with Gasteiger partial charge in [-0.1, -0.05) is 12.1 Å². The number of nitrogens with one attached hydrogen (secondary N) is 1. The first kappa shape index (κ1) is 14.5. The van der Waals surface area contributed by atoms with E-state index in [0.29, 0.717) is 24.5 Å². The van der Waals surface area contributed by atoms with Crippen molar-refractivity contribution < 1.29 is 9.47 Å². The highest BCUT2D eigenvalue weighted by Gasteiger charge is 2.12. The number of ether oxygens (including phenoxy) is 2. The second-order valence-electron chi connectivity index (χ2n) is 5.17. The molecule has 0 bridgehead atoms. The molecule has 0 aliphatic carbocycles. The molecular weight excluding hydrogens is 228 g/mol. The summed E-state index contributed by atoms with van der Waals surface area (Å²) < 4.78 is 11.3. The highest BCUT2D eigenvalue weighted by Crippen LogP contribution is 2.23. The minimum atomic E-state index is -0.168. The number of hydrogen-bond donors (Lipinski definition) is 2. The first-order valence-corrected chi connectivity index (χ1v) is 6.02. The van der Waals surface area contributed by atoms with E-state index in [2.05, 4.69) is 0 Å². The maximum atomic E-state index is 7.52. The molecule has 1 rings (SSSR count). The summed E-state index contributed by atoms with van der Waals surface area (Å²) in [5, 5.41) is 7.52. The van der Waals surface area contributed by atoms with Crippen LogP contribution in [-0.2, 0) is 4.74 Å². The van der Waals surface area contributed by atoms with E-state index in [1.165, 1.54) is 0 Å². The van der Waals surface area contributed by atoms with Crippen LogP contribution in [0.25, 0.3) is 0 Å². The Bertz CT molecular complexity index is 422. The first-order valence-electron chi connectivity index (χ1n) is 6.02. The Morgan fingerprint density at radius 2 is 1.94 bits per heavy atom. The fraction of sp³-hybridized carbons (Fsp3) is 0.500. The average Bonchev–Trinajstić information content (AvgIpc) is 2.24. The third-order valence-corrected chi connectivity index (χ3v) is 2.37. The summed E-state index contributed by atoms with van der Waals surface area (Å²) in [7, 11) is 0. The summed E-state index contributed by atoms with van der Waals surface area (Å²) in [6.07, 6.45) is 0. The van der Waals surface area contributed by atoms with Gasteiger partial charge in [-0.05, 0) is 39.3 Å². The van der Waals surface area contributed by atoms with Crippen LogP contribution < -0.4 is 10.5 Å². The van der Waals surface area contributed by atoms with Crippen molar-refractivity contribution in [2.24, 2.45) is 5.73 Å². The van der Waals surface area contributed by atoms with Gasteiger partial charge in [0.2, 0.25) is 0 Å². The van der Waals surface area contributed by atoms with E-state index in [9.17, 15) is 0 Å². The minimum Gasteiger partial charge on any atom is -0.490 e. The first-order chi connectivity index (χ1) is 8.31. The fourth-order valence-electron chi connectivity index (χ4n) is 1.55. The monoisotopic (exact) mass is 250 g/mol. The maximum Gasteiger partial charge on any atom is 0.133 e. The SMILES string of the molecule is Cc1cccc(C(=N)N)c1OCCOC(C)(C)C. The molecule has 0 saturated carbocycles. The summed E-state index contributed by atoms with van der Waals surface area (Å²) in [4.78, 5) is 0. The molecule has 1 aromatic rings. The standard InChI is InChI=1S/C14H22N2O2/c1-10-6-5-7-11(13(15)16)12(10)17-8-9-18-14(2,3)4/h5-7H,8-9H2,1-4H3,(H3,15,16). The summed E-state index contributed by atoms with van der Waals surface area (Å²) in [6.45, 7) is 8.90. The van der Waals surface area contributed by atoms with E-state index in [1.54, 1.807) is 6.07 Å². The van der Waals surface area contributed by atoms with Crippen molar-refractivity contribution in [1.82, 2.24) is 0 Å². The van der Waals surface area contributed by atoms with Gasteiger partial charge in [0.15, 0.2) is 0 Å². The van der Waals surface area contributed by atoms with Crippen molar-refractivity contribution in [3.63, 3.8) is 0 Å². The van der Waals surface area contributed by atoms with Gasteiger partial charge in [-0.3, -0.25) is 5.41 Å². The van der Waals surface area contributed by atoms with Gasteiger partial charge in [0, 0.05) is 0 Å². The van der Waals surface area contributed by atoms with Crippen LogP contribution in [0.1, 0.15) is 31.9 Å². The largest absolute Gasteiger partial charge is 0.490 e. The smallest absolute Gasteiger partial charge is 0.133 e. The molecule has 0 aliphatic heterocycles. The molecule has 0 aromatic heterocycles. The van der Waals surface area contributed by atoms with Gasteiger partial charge in [-0.25, -0.2) is 0 Å². The zero-order chi connectivity index (χ0) is 13.8. The Kier molecular flexibility index (Phi) is 4.73. The number of para-hydroxylation sites is 1. The Labute approximate surface area is 109 Å². The molecule has 4 heteroatoms. The molecule has 0 fully saturated rings. The van der Waals surface area contributed by atoms with E-state index < -0.39 is 0 Å². The van der Waals surface area contributed by atoms with E-state index >= 15 is 0 Å². The van der Waals surface area contributed by atoms with Gasteiger partial charge in [0.1, 0.15) is 18.2 Å². The predicted molar refractivity (Wildman–Crippen MR) is 73.4 cm³/mol. The second-order valence-corrected chi connectivity index (χ2v) is 5.17. The normalized spacial score (nSPS) is 11.3. The molecule has 0 heterocycles. The third-order valence-electron chi connectivity index (χ3n) is 2.37. The van der Waals surface area contributed by atoms with Crippen LogP contribution >= 0.6 is 0 Å². The predicted octanol–water partition coefficient (Wildman–Crippen LogP) is 2.47. The lowest BCUT2D eigenvalue weighted by atomic mass is 10.1. The van der Waals surface area contributed by atoms with Crippen LogP contribution in [0.5, 0.6) is 5.75 Å². The number of amidine groups is 1. The van der Waals surface area contributed by atoms with E-state index in [-0.39, 0.29) is 11.4 Å².